The van der Waals surface area contributed by atoms with Gasteiger partial charge in [0, 0.05) is 38.3 Å². The van der Waals surface area contributed by atoms with E-state index in [0.29, 0.717) is 19.1 Å². The summed E-state index contributed by atoms with van der Waals surface area (Å²) in [6.07, 6.45) is 6.85. The second-order valence-corrected chi connectivity index (χ2v) is 11.0. The highest BCUT2D eigenvalue weighted by molar-refractivity contribution is 7.89. The number of piperazine rings is 1. The van der Waals surface area contributed by atoms with Gasteiger partial charge in [0.05, 0.1) is 4.92 Å². The van der Waals surface area contributed by atoms with Crippen molar-refractivity contribution in [2.45, 2.75) is 43.0 Å². The van der Waals surface area contributed by atoms with Gasteiger partial charge in [0.25, 0.3) is 5.69 Å². The number of benzene rings is 1. The van der Waals surface area contributed by atoms with Gasteiger partial charge in [-0.15, -0.1) is 0 Å². The monoisotopic (exact) mass is 405 g/mol. The van der Waals surface area contributed by atoms with Crippen molar-refractivity contribution < 1.29 is 13.3 Å². The van der Waals surface area contributed by atoms with Gasteiger partial charge >= 0.3 is 0 Å². The van der Waals surface area contributed by atoms with Crippen LogP contribution in [0.25, 0.3) is 0 Å². The Labute approximate surface area is 165 Å². The van der Waals surface area contributed by atoms with Crippen LogP contribution in [0.15, 0.2) is 29.2 Å². The first-order valence-corrected chi connectivity index (χ1v) is 11.8. The van der Waals surface area contributed by atoms with Crippen molar-refractivity contribution in [1.82, 2.24) is 9.21 Å². The predicted molar refractivity (Wildman–Crippen MR) is 104 cm³/mol. The molecule has 5 fully saturated rings. The van der Waals surface area contributed by atoms with Crippen molar-refractivity contribution in [3.05, 3.63) is 34.4 Å². The Morgan fingerprint density at radius 2 is 1.46 bits per heavy atom. The molecule has 0 aromatic heterocycles. The van der Waals surface area contributed by atoms with E-state index >= 15 is 0 Å². The fraction of sp³-hybridized carbons (Fsp3) is 0.700. The van der Waals surface area contributed by atoms with Gasteiger partial charge in [-0.1, -0.05) is 12.1 Å². The summed E-state index contributed by atoms with van der Waals surface area (Å²) in [6.45, 7) is 2.29. The van der Waals surface area contributed by atoms with Crippen LogP contribution in [0.4, 0.5) is 5.69 Å². The van der Waals surface area contributed by atoms with Gasteiger partial charge in [-0.3, -0.25) is 15.0 Å². The molecule has 6 rings (SSSR count). The molecule has 4 aliphatic carbocycles. The summed E-state index contributed by atoms with van der Waals surface area (Å²) in [5.74, 6) is 3.43. The van der Waals surface area contributed by atoms with Crippen LogP contribution in [0.5, 0.6) is 0 Å². The number of rotatable bonds is 4. The molecule has 0 radical (unpaired) electrons. The molecule has 5 aliphatic rings. The van der Waals surface area contributed by atoms with Crippen LogP contribution < -0.4 is 0 Å². The topological polar surface area (TPSA) is 83.8 Å². The van der Waals surface area contributed by atoms with Crippen molar-refractivity contribution in [1.29, 1.82) is 0 Å². The lowest BCUT2D eigenvalue weighted by molar-refractivity contribution is -0.387. The predicted octanol–water partition coefficient (Wildman–Crippen LogP) is 2.73. The van der Waals surface area contributed by atoms with E-state index in [2.05, 4.69) is 4.90 Å². The van der Waals surface area contributed by atoms with E-state index < -0.39 is 14.9 Å². The third-order valence-electron chi connectivity index (χ3n) is 7.55. The Morgan fingerprint density at radius 1 is 0.893 bits per heavy atom. The Kier molecular flexibility index (Phi) is 4.48. The molecular weight excluding hydrogens is 378 g/mol. The summed E-state index contributed by atoms with van der Waals surface area (Å²) in [7, 11) is -3.85. The van der Waals surface area contributed by atoms with E-state index in [1.54, 1.807) is 6.07 Å². The zero-order valence-corrected chi connectivity index (χ0v) is 16.8. The Balaban J connectivity index is 1.31. The van der Waals surface area contributed by atoms with Gasteiger partial charge in [0.2, 0.25) is 10.0 Å². The molecule has 0 amide bonds. The highest BCUT2D eigenvalue weighted by atomic mass is 32.2. The van der Waals surface area contributed by atoms with Crippen molar-refractivity contribution in [3.63, 3.8) is 0 Å². The van der Waals surface area contributed by atoms with E-state index in [4.69, 9.17) is 0 Å². The van der Waals surface area contributed by atoms with Crippen LogP contribution in [0.1, 0.15) is 32.1 Å². The van der Waals surface area contributed by atoms with Gasteiger partial charge in [-0.2, -0.15) is 4.31 Å². The molecule has 7 nitrogen and oxygen atoms in total. The van der Waals surface area contributed by atoms with Crippen molar-refractivity contribution in [3.8, 4) is 0 Å². The lowest BCUT2D eigenvalue weighted by Gasteiger charge is -2.58. The second-order valence-electron chi connectivity index (χ2n) is 9.09. The number of para-hydroxylation sites is 1. The first-order valence-electron chi connectivity index (χ1n) is 10.4. The molecule has 4 bridgehead atoms. The summed E-state index contributed by atoms with van der Waals surface area (Å²) < 4.78 is 27.5. The fourth-order valence-electron chi connectivity index (χ4n) is 6.70. The van der Waals surface area contributed by atoms with Crippen LogP contribution in [-0.2, 0) is 10.0 Å². The summed E-state index contributed by atoms with van der Waals surface area (Å²) in [6, 6.07) is 6.27. The minimum Gasteiger partial charge on any atom is -0.297 e. The van der Waals surface area contributed by atoms with E-state index in [0.717, 1.165) is 36.8 Å². The molecule has 0 unspecified atom stereocenters. The van der Waals surface area contributed by atoms with E-state index in [-0.39, 0.29) is 10.6 Å². The zero-order valence-electron chi connectivity index (χ0n) is 15.9. The molecule has 152 valence electrons. The molecule has 1 aromatic carbocycles. The van der Waals surface area contributed by atoms with Crippen molar-refractivity contribution in [2.75, 3.05) is 26.2 Å². The lowest BCUT2D eigenvalue weighted by Crippen LogP contribution is -2.60. The summed E-state index contributed by atoms with van der Waals surface area (Å²) >= 11 is 0. The molecule has 8 heteroatoms. The highest BCUT2D eigenvalue weighted by Crippen LogP contribution is 2.55. The second kappa shape index (κ2) is 6.78. The van der Waals surface area contributed by atoms with Gasteiger partial charge in [-0.05, 0) is 61.8 Å². The summed E-state index contributed by atoms with van der Waals surface area (Å²) in [4.78, 5) is 13.0. The van der Waals surface area contributed by atoms with E-state index in [9.17, 15) is 18.5 Å². The maximum atomic E-state index is 13.0. The quantitative estimate of drug-likeness (QED) is 0.568. The van der Waals surface area contributed by atoms with Crippen LogP contribution >= 0.6 is 0 Å². The van der Waals surface area contributed by atoms with E-state index in [1.807, 2.05) is 0 Å². The average Bonchev–Trinajstić information content (AvgIpc) is 2.67. The molecule has 1 saturated heterocycles. The average molecular weight is 406 g/mol. The zero-order chi connectivity index (χ0) is 19.5. The molecule has 1 heterocycles. The molecule has 0 spiro atoms. The molecule has 28 heavy (non-hydrogen) atoms. The van der Waals surface area contributed by atoms with Crippen LogP contribution in [0.3, 0.4) is 0 Å². The number of nitro groups is 1. The standard InChI is InChI=1S/C20H27N3O4S/c24-23(25)18-3-1-2-4-19(18)28(26,27)22-7-5-21(6-8-22)20-16-10-14-9-15(12-16)13-17(20)11-14/h1-4,14-17,20H,5-13H2. The third kappa shape index (κ3) is 2.97. The molecule has 0 atom stereocenters. The first kappa shape index (κ1) is 18.5. The SMILES string of the molecule is O=[N+]([O-])c1ccccc1S(=O)(=O)N1CCN(C2C3CC4CC(C3)CC2C4)CC1. The lowest BCUT2D eigenvalue weighted by atomic mass is 9.54. The van der Waals surface area contributed by atoms with Crippen LogP contribution in [0.2, 0.25) is 0 Å². The van der Waals surface area contributed by atoms with Crippen LogP contribution in [0, 0.1) is 33.8 Å². The molecule has 4 saturated carbocycles. The number of hydrogen-bond acceptors (Lipinski definition) is 5. The smallest absolute Gasteiger partial charge is 0.289 e. The molecule has 1 aliphatic heterocycles. The number of sulfonamides is 1. The minimum atomic E-state index is -3.85. The molecule has 1 aromatic rings. The van der Waals surface area contributed by atoms with Crippen molar-refractivity contribution in [2.24, 2.45) is 23.7 Å². The maximum absolute atomic E-state index is 13.0. The van der Waals surface area contributed by atoms with E-state index in [1.165, 1.54) is 54.6 Å². The first-order chi connectivity index (χ1) is 13.4. The van der Waals surface area contributed by atoms with Gasteiger partial charge in [-0.25, -0.2) is 8.42 Å². The van der Waals surface area contributed by atoms with Gasteiger partial charge in [0.1, 0.15) is 0 Å². The highest BCUT2D eigenvalue weighted by Gasteiger charge is 2.50. The molecular formula is C20H27N3O4S. The molecule has 0 N–H and O–H groups in total. The Bertz CT molecular complexity index is 851. The third-order valence-corrected chi connectivity index (χ3v) is 9.50. The maximum Gasteiger partial charge on any atom is 0.289 e. The van der Waals surface area contributed by atoms with Crippen molar-refractivity contribution >= 4 is 15.7 Å². The number of nitrogens with zero attached hydrogens (tertiary/aromatic N) is 3. The largest absolute Gasteiger partial charge is 0.297 e. The number of hydrogen-bond donors (Lipinski definition) is 0. The number of nitro benzene ring substituents is 1. The van der Waals surface area contributed by atoms with Gasteiger partial charge in [0.15, 0.2) is 4.90 Å². The fourth-order valence-corrected chi connectivity index (χ4v) is 8.28. The Hall–Kier alpha value is -1.51. The van der Waals surface area contributed by atoms with Crippen LogP contribution in [-0.4, -0.2) is 54.8 Å². The minimum absolute atomic E-state index is 0.192. The van der Waals surface area contributed by atoms with Gasteiger partial charge < -0.3 is 0 Å². The normalized spacial score (nSPS) is 35.9. The Morgan fingerprint density at radius 3 is 2.04 bits per heavy atom. The summed E-state index contributed by atoms with van der Waals surface area (Å²) in [5.41, 5.74) is -0.342. The summed E-state index contributed by atoms with van der Waals surface area (Å²) in [5, 5.41) is 11.3.